The Labute approximate surface area is 114 Å². The molecule has 0 bridgehead atoms. The highest BCUT2D eigenvalue weighted by Gasteiger charge is 2.20. The van der Waals surface area contributed by atoms with Crippen LogP contribution in [0.2, 0.25) is 0 Å². The maximum Gasteiger partial charge on any atom is 0.127 e. The molecule has 1 aliphatic rings. The lowest BCUT2D eigenvalue weighted by atomic mass is 10.1. The summed E-state index contributed by atoms with van der Waals surface area (Å²) in [5, 5.41) is 8.70. The minimum Gasteiger partial charge on any atom is -0.396 e. The number of likely N-dealkylation sites (tertiary alicyclic amines) is 1. The monoisotopic (exact) mass is 267 g/mol. The summed E-state index contributed by atoms with van der Waals surface area (Å²) in [6, 6.07) is 6.96. The number of halogens is 1. The average molecular weight is 267 g/mol. The predicted octanol–water partition coefficient (Wildman–Crippen LogP) is 2.19. The van der Waals surface area contributed by atoms with Gasteiger partial charge in [-0.1, -0.05) is 18.2 Å². The molecule has 19 heavy (non-hydrogen) atoms. The number of piperidine rings is 1. The molecule has 1 fully saturated rings. The van der Waals surface area contributed by atoms with E-state index in [2.05, 4.69) is 4.90 Å². The second kappa shape index (κ2) is 7.58. The molecule has 4 heteroatoms. The molecule has 1 aromatic carbocycles. The molecule has 3 nitrogen and oxygen atoms in total. The van der Waals surface area contributed by atoms with Crippen molar-refractivity contribution >= 4 is 0 Å². The molecule has 1 saturated heterocycles. The van der Waals surface area contributed by atoms with Gasteiger partial charge in [0.05, 0.1) is 6.10 Å². The van der Waals surface area contributed by atoms with Gasteiger partial charge in [-0.3, -0.25) is 4.90 Å². The van der Waals surface area contributed by atoms with Gasteiger partial charge in [0, 0.05) is 38.4 Å². The summed E-state index contributed by atoms with van der Waals surface area (Å²) >= 11 is 0. The quantitative estimate of drug-likeness (QED) is 0.802. The Morgan fingerprint density at radius 1 is 1.26 bits per heavy atom. The summed E-state index contributed by atoms with van der Waals surface area (Å²) < 4.78 is 19.2. The normalized spacial score (nSPS) is 17.8. The predicted molar refractivity (Wildman–Crippen MR) is 72.4 cm³/mol. The fourth-order valence-corrected chi connectivity index (χ4v) is 2.42. The third-order valence-electron chi connectivity index (χ3n) is 3.54. The van der Waals surface area contributed by atoms with Gasteiger partial charge < -0.3 is 9.84 Å². The molecule has 106 valence electrons. The molecule has 0 spiro atoms. The van der Waals surface area contributed by atoms with Crippen LogP contribution in [0.1, 0.15) is 24.8 Å². The van der Waals surface area contributed by atoms with E-state index in [9.17, 15) is 4.39 Å². The van der Waals surface area contributed by atoms with Crippen LogP contribution in [-0.2, 0) is 11.3 Å². The van der Waals surface area contributed by atoms with Gasteiger partial charge in [0.1, 0.15) is 5.82 Å². The van der Waals surface area contributed by atoms with E-state index in [4.69, 9.17) is 9.84 Å². The van der Waals surface area contributed by atoms with Crippen molar-refractivity contribution in [2.45, 2.75) is 31.9 Å². The molecule has 0 amide bonds. The number of hydrogen-bond acceptors (Lipinski definition) is 3. The van der Waals surface area contributed by atoms with Crippen molar-refractivity contribution in [3.8, 4) is 0 Å². The number of benzene rings is 1. The van der Waals surface area contributed by atoms with Crippen molar-refractivity contribution in [1.82, 2.24) is 4.90 Å². The molecule has 0 radical (unpaired) electrons. The van der Waals surface area contributed by atoms with Crippen LogP contribution in [0.5, 0.6) is 0 Å². The maximum atomic E-state index is 13.6. The van der Waals surface area contributed by atoms with Gasteiger partial charge in [0.2, 0.25) is 0 Å². The Morgan fingerprint density at radius 2 is 2.00 bits per heavy atom. The first kappa shape index (κ1) is 14.4. The van der Waals surface area contributed by atoms with Crippen molar-refractivity contribution in [2.24, 2.45) is 0 Å². The lowest BCUT2D eigenvalue weighted by molar-refractivity contribution is 0.000631. The molecule has 0 atom stereocenters. The molecule has 0 unspecified atom stereocenters. The van der Waals surface area contributed by atoms with Crippen LogP contribution in [0.25, 0.3) is 0 Å². The highest BCUT2D eigenvalue weighted by molar-refractivity contribution is 5.17. The van der Waals surface area contributed by atoms with Gasteiger partial charge in [0.15, 0.2) is 0 Å². The van der Waals surface area contributed by atoms with E-state index in [0.717, 1.165) is 31.5 Å². The van der Waals surface area contributed by atoms with Crippen molar-refractivity contribution in [3.05, 3.63) is 35.6 Å². The lowest BCUT2D eigenvalue weighted by Gasteiger charge is -2.32. The summed E-state index contributed by atoms with van der Waals surface area (Å²) in [5.74, 6) is -0.121. The largest absolute Gasteiger partial charge is 0.396 e. The van der Waals surface area contributed by atoms with Crippen molar-refractivity contribution in [1.29, 1.82) is 0 Å². The van der Waals surface area contributed by atoms with Gasteiger partial charge >= 0.3 is 0 Å². The van der Waals surface area contributed by atoms with E-state index in [1.165, 1.54) is 6.07 Å². The Hall–Kier alpha value is -0.970. The van der Waals surface area contributed by atoms with E-state index in [-0.39, 0.29) is 12.4 Å². The first-order valence-electron chi connectivity index (χ1n) is 6.98. The highest BCUT2D eigenvalue weighted by atomic mass is 19.1. The van der Waals surface area contributed by atoms with Gasteiger partial charge in [0.25, 0.3) is 0 Å². The topological polar surface area (TPSA) is 32.7 Å². The van der Waals surface area contributed by atoms with Crippen LogP contribution in [0.15, 0.2) is 24.3 Å². The van der Waals surface area contributed by atoms with Gasteiger partial charge in [-0.25, -0.2) is 4.39 Å². The minimum atomic E-state index is -0.121. The number of nitrogens with zero attached hydrogens (tertiary/aromatic N) is 1. The second-order valence-corrected chi connectivity index (χ2v) is 5.01. The van der Waals surface area contributed by atoms with Gasteiger partial charge in [-0.15, -0.1) is 0 Å². The third-order valence-corrected chi connectivity index (χ3v) is 3.54. The summed E-state index contributed by atoms with van der Waals surface area (Å²) in [4.78, 5) is 2.27. The average Bonchev–Trinajstić information content (AvgIpc) is 2.44. The van der Waals surface area contributed by atoms with Gasteiger partial charge in [-0.2, -0.15) is 0 Å². The van der Waals surface area contributed by atoms with Gasteiger partial charge in [-0.05, 0) is 25.3 Å². The molecule has 0 aromatic heterocycles. The van der Waals surface area contributed by atoms with Crippen molar-refractivity contribution in [3.63, 3.8) is 0 Å². The minimum absolute atomic E-state index is 0.121. The van der Waals surface area contributed by atoms with Crippen LogP contribution in [0.3, 0.4) is 0 Å². The lowest BCUT2D eigenvalue weighted by Crippen LogP contribution is -2.36. The summed E-state index contributed by atoms with van der Waals surface area (Å²) in [6.45, 7) is 3.38. The maximum absolute atomic E-state index is 13.6. The molecule has 1 N–H and O–H groups in total. The molecular formula is C15H22FNO2. The SMILES string of the molecule is OCCCOC1CCN(Cc2ccccc2F)CC1. The fraction of sp³-hybridized carbons (Fsp3) is 0.600. The van der Waals surface area contributed by atoms with Crippen LogP contribution in [-0.4, -0.2) is 42.4 Å². The van der Waals surface area contributed by atoms with E-state index in [1.54, 1.807) is 6.07 Å². The third kappa shape index (κ3) is 4.56. The number of hydrogen-bond donors (Lipinski definition) is 1. The Balaban J connectivity index is 1.73. The molecular weight excluding hydrogens is 245 g/mol. The van der Waals surface area contributed by atoms with E-state index in [0.29, 0.717) is 25.7 Å². The smallest absolute Gasteiger partial charge is 0.127 e. The zero-order valence-corrected chi connectivity index (χ0v) is 11.2. The van der Waals surface area contributed by atoms with Crippen molar-refractivity contribution in [2.75, 3.05) is 26.3 Å². The van der Waals surface area contributed by atoms with Crippen molar-refractivity contribution < 1.29 is 14.2 Å². The number of aliphatic hydroxyl groups is 1. The Morgan fingerprint density at radius 3 is 2.68 bits per heavy atom. The summed E-state index contributed by atoms with van der Waals surface area (Å²) in [6.07, 6.45) is 2.97. The number of aliphatic hydroxyl groups excluding tert-OH is 1. The van der Waals surface area contributed by atoms with E-state index in [1.807, 2.05) is 12.1 Å². The molecule has 0 saturated carbocycles. The number of rotatable bonds is 6. The van der Waals surface area contributed by atoms with Crippen LogP contribution < -0.4 is 0 Å². The molecule has 1 aromatic rings. The van der Waals surface area contributed by atoms with Crippen LogP contribution >= 0.6 is 0 Å². The molecule has 1 heterocycles. The van der Waals surface area contributed by atoms with E-state index < -0.39 is 0 Å². The Bertz CT molecular complexity index is 378. The zero-order valence-electron chi connectivity index (χ0n) is 11.2. The fourth-order valence-electron chi connectivity index (χ4n) is 2.42. The first-order chi connectivity index (χ1) is 9.29. The molecule has 0 aliphatic carbocycles. The number of ether oxygens (including phenoxy) is 1. The molecule has 2 rings (SSSR count). The zero-order chi connectivity index (χ0) is 13.5. The second-order valence-electron chi connectivity index (χ2n) is 5.01. The standard InChI is InChI=1S/C15H22FNO2/c16-15-5-2-1-4-13(15)12-17-8-6-14(7-9-17)19-11-3-10-18/h1-2,4-5,14,18H,3,6-12H2. The summed E-state index contributed by atoms with van der Waals surface area (Å²) in [7, 11) is 0. The Kier molecular flexibility index (Phi) is 5.76. The first-order valence-corrected chi connectivity index (χ1v) is 6.98. The molecule has 1 aliphatic heterocycles. The van der Waals surface area contributed by atoms with Crippen LogP contribution in [0.4, 0.5) is 4.39 Å². The summed E-state index contributed by atoms with van der Waals surface area (Å²) in [5.41, 5.74) is 0.766. The highest BCUT2D eigenvalue weighted by Crippen LogP contribution is 2.17. The van der Waals surface area contributed by atoms with E-state index >= 15 is 0 Å². The van der Waals surface area contributed by atoms with Crippen LogP contribution in [0, 0.1) is 5.82 Å².